The van der Waals surface area contributed by atoms with Crippen LogP contribution in [-0.2, 0) is 29.4 Å². The van der Waals surface area contributed by atoms with E-state index < -0.39 is 17.5 Å². The Hall–Kier alpha value is -5.06. The molecule has 3 aromatic carbocycles. The number of carboxylic acids is 1. The van der Waals surface area contributed by atoms with Gasteiger partial charge in [-0.2, -0.15) is 0 Å². The van der Waals surface area contributed by atoms with Gasteiger partial charge in [0, 0.05) is 66.4 Å². The van der Waals surface area contributed by atoms with Crippen molar-refractivity contribution < 1.29 is 43.2 Å². The molecule has 7 rings (SSSR count). The van der Waals surface area contributed by atoms with Crippen molar-refractivity contribution in [3.8, 4) is 11.5 Å². The van der Waals surface area contributed by atoms with Crippen LogP contribution in [0.15, 0.2) is 54.6 Å². The smallest absolute Gasteiger partial charge is 0.340 e. The molecule has 2 saturated heterocycles. The molecule has 0 saturated carbocycles. The van der Waals surface area contributed by atoms with Gasteiger partial charge in [0.1, 0.15) is 11.5 Å². The van der Waals surface area contributed by atoms with Crippen LogP contribution in [0.2, 0.25) is 0 Å². The monoisotopic (exact) mass is 570 g/mol. The molecular formula is C31H26N2O9. The Labute approximate surface area is 240 Å². The number of nitrogens with zero attached hydrogens (tertiary/aromatic N) is 2. The fraction of sp³-hybridized carbons (Fsp3) is 0.290. The number of fused-ring (bicyclic) bond motifs is 6. The summed E-state index contributed by atoms with van der Waals surface area (Å²) in [6, 6.07) is 15.4. The van der Waals surface area contributed by atoms with Gasteiger partial charge in [0.15, 0.2) is 5.60 Å². The number of aromatic carboxylic acids is 1. The van der Waals surface area contributed by atoms with Gasteiger partial charge in [-0.15, -0.1) is 0 Å². The van der Waals surface area contributed by atoms with Crippen molar-refractivity contribution in [1.29, 1.82) is 0 Å². The first kappa shape index (κ1) is 25.9. The van der Waals surface area contributed by atoms with Crippen molar-refractivity contribution in [1.82, 2.24) is 0 Å². The molecule has 2 fully saturated rings. The second-order valence-corrected chi connectivity index (χ2v) is 10.8. The summed E-state index contributed by atoms with van der Waals surface area (Å²) >= 11 is 0. The number of carbonyl (C=O) groups is 4. The van der Waals surface area contributed by atoms with Crippen LogP contribution in [0.4, 0.5) is 11.4 Å². The first-order chi connectivity index (χ1) is 20.2. The molecule has 1 spiro atoms. The third-order valence-electron chi connectivity index (χ3n) is 8.58. The highest BCUT2D eigenvalue weighted by Gasteiger charge is 2.54. The predicted octanol–water partition coefficient (Wildman–Crippen LogP) is 3.17. The highest BCUT2D eigenvalue weighted by atomic mass is 16.6. The van der Waals surface area contributed by atoms with Crippen molar-refractivity contribution in [2.24, 2.45) is 11.8 Å². The summed E-state index contributed by atoms with van der Waals surface area (Å²) in [7, 11) is 2.74. The third kappa shape index (κ3) is 3.65. The Kier molecular flexibility index (Phi) is 5.69. The molecule has 0 aromatic heterocycles. The zero-order chi connectivity index (χ0) is 29.3. The fourth-order valence-electron chi connectivity index (χ4n) is 6.24. The summed E-state index contributed by atoms with van der Waals surface area (Å²) in [5.74, 6) is -1.77. The van der Waals surface area contributed by atoms with Crippen LogP contribution in [0.1, 0.15) is 37.4 Å². The second kappa shape index (κ2) is 9.23. The van der Waals surface area contributed by atoms with Crippen LogP contribution >= 0.6 is 0 Å². The fourth-order valence-corrected chi connectivity index (χ4v) is 6.24. The van der Waals surface area contributed by atoms with E-state index in [4.69, 9.17) is 18.9 Å². The van der Waals surface area contributed by atoms with Crippen molar-refractivity contribution in [2.75, 3.05) is 50.2 Å². The number of hydrogen-bond donors (Lipinski definition) is 1. The molecule has 0 bridgehead atoms. The largest absolute Gasteiger partial charge is 0.478 e. The molecule has 4 heterocycles. The summed E-state index contributed by atoms with van der Waals surface area (Å²) < 4.78 is 22.4. The van der Waals surface area contributed by atoms with Crippen molar-refractivity contribution in [2.45, 2.75) is 5.60 Å². The van der Waals surface area contributed by atoms with Gasteiger partial charge in [0.05, 0.1) is 37.2 Å². The lowest BCUT2D eigenvalue weighted by atomic mass is 9.77. The summed E-state index contributed by atoms with van der Waals surface area (Å²) in [6.07, 6.45) is 0. The maximum Gasteiger partial charge on any atom is 0.340 e. The summed E-state index contributed by atoms with van der Waals surface area (Å²) in [5, 5.41) is 9.75. The van der Waals surface area contributed by atoms with E-state index in [0.717, 1.165) is 11.4 Å². The Morgan fingerprint density at radius 1 is 0.786 bits per heavy atom. The minimum absolute atomic E-state index is 0.0260. The number of carbonyl (C=O) groups excluding carboxylic acids is 3. The van der Waals surface area contributed by atoms with E-state index in [0.29, 0.717) is 54.4 Å². The standard InChI is InChI=1S/C31H26N2O9/c1-39-28(36)17-12-32(13-17)19-4-7-22-25(10-19)41-26-11-20(33-14-18(15-33)29(37)40-2)5-8-23(26)31(22)24-9-16(27(34)35)3-6-21(24)30(38)42-31/h3-11,17-18H,12-15H2,1-2H3,(H,34,35). The van der Waals surface area contributed by atoms with Crippen molar-refractivity contribution in [3.05, 3.63) is 82.4 Å². The molecule has 214 valence electrons. The molecular weight excluding hydrogens is 544 g/mol. The van der Waals surface area contributed by atoms with E-state index in [9.17, 15) is 24.3 Å². The lowest BCUT2D eigenvalue weighted by molar-refractivity contribution is -0.147. The van der Waals surface area contributed by atoms with Gasteiger partial charge in [-0.1, -0.05) is 0 Å². The molecule has 0 radical (unpaired) electrons. The van der Waals surface area contributed by atoms with Crippen LogP contribution in [0.3, 0.4) is 0 Å². The maximum atomic E-state index is 13.2. The van der Waals surface area contributed by atoms with E-state index in [1.54, 1.807) is 0 Å². The summed E-state index contributed by atoms with van der Waals surface area (Å²) in [5.41, 5.74) is 2.03. The zero-order valence-electron chi connectivity index (χ0n) is 22.8. The molecule has 11 nitrogen and oxygen atoms in total. The molecule has 3 aromatic rings. The van der Waals surface area contributed by atoms with E-state index in [1.807, 2.05) is 46.2 Å². The van der Waals surface area contributed by atoms with E-state index in [2.05, 4.69) is 0 Å². The normalized spacial score (nSPS) is 18.1. The van der Waals surface area contributed by atoms with E-state index in [1.165, 1.54) is 32.4 Å². The van der Waals surface area contributed by atoms with Gasteiger partial charge in [0.2, 0.25) is 0 Å². The lowest BCUT2D eigenvalue weighted by Gasteiger charge is -2.42. The Morgan fingerprint density at radius 2 is 1.31 bits per heavy atom. The van der Waals surface area contributed by atoms with Crippen molar-refractivity contribution >= 4 is 35.3 Å². The average Bonchev–Trinajstić information content (AvgIpc) is 3.22. The molecule has 4 aliphatic rings. The summed E-state index contributed by atoms with van der Waals surface area (Å²) in [4.78, 5) is 53.1. The lowest BCUT2D eigenvalue weighted by Crippen LogP contribution is -2.51. The molecule has 0 amide bonds. The highest BCUT2D eigenvalue weighted by Crippen LogP contribution is 2.57. The predicted molar refractivity (Wildman–Crippen MR) is 147 cm³/mol. The number of ether oxygens (including phenoxy) is 4. The average molecular weight is 571 g/mol. The van der Waals surface area contributed by atoms with Crippen LogP contribution in [-0.4, -0.2) is 69.4 Å². The summed E-state index contributed by atoms with van der Waals surface area (Å²) in [6.45, 7) is 1.97. The number of anilines is 2. The minimum Gasteiger partial charge on any atom is -0.478 e. The Morgan fingerprint density at radius 3 is 1.79 bits per heavy atom. The van der Waals surface area contributed by atoms with Gasteiger partial charge in [0.25, 0.3) is 0 Å². The Balaban J connectivity index is 1.33. The molecule has 0 aliphatic carbocycles. The quantitative estimate of drug-likeness (QED) is 0.358. The van der Waals surface area contributed by atoms with Crippen LogP contribution in [0.25, 0.3) is 0 Å². The number of carboxylic acid groups (broad SMARTS) is 1. The maximum absolute atomic E-state index is 13.2. The van der Waals surface area contributed by atoms with Crippen LogP contribution < -0.4 is 14.5 Å². The Bertz CT molecular complexity index is 1610. The van der Waals surface area contributed by atoms with Gasteiger partial charge < -0.3 is 33.9 Å². The molecule has 42 heavy (non-hydrogen) atoms. The molecule has 0 atom stereocenters. The third-order valence-corrected chi connectivity index (χ3v) is 8.58. The topological polar surface area (TPSA) is 132 Å². The van der Waals surface area contributed by atoms with Gasteiger partial charge in [-0.05, 0) is 42.5 Å². The van der Waals surface area contributed by atoms with E-state index >= 15 is 0 Å². The van der Waals surface area contributed by atoms with Crippen LogP contribution in [0.5, 0.6) is 11.5 Å². The number of hydrogen-bond acceptors (Lipinski definition) is 10. The number of esters is 3. The molecule has 0 unspecified atom stereocenters. The number of benzene rings is 3. The molecule has 4 aliphatic heterocycles. The first-order valence-corrected chi connectivity index (χ1v) is 13.5. The van der Waals surface area contributed by atoms with Crippen LogP contribution in [0, 0.1) is 11.8 Å². The second-order valence-electron chi connectivity index (χ2n) is 10.8. The van der Waals surface area contributed by atoms with Gasteiger partial charge >= 0.3 is 23.9 Å². The minimum atomic E-state index is -1.44. The van der Waals surface area contributed by atoms with Gasteiger partial charge in [-0.25, -0.2) is 9.59 Å². The zero-order valence-corrected chi connectivity index (χ0v) is 22.8. The number of methoxy groups -OCH3 is 2. The molecule has 11 heteroatoms. The van der Waals surface area contributed by atoms with E-state index in [-0.39, 0.29) is 34.9 Å². The first-order valence-electron chi connectivity index (χ1n) is 13.5. The molecule has 1 N–H and O–H groups in total. The SMILES string of the molecule is COC(=O)C1CN(c2ccc3c(c2)Oc2cc(N4CC(C(=O)OC)C4)ccc2C32OC(=O)c3ccc(C(=O)O)cc32)C1. The van der Waals surface area contributed by atoms with Crippen molar-refractivity contribution in [3.63, 3.8) is 0 Å². The number of rotatable bonds is 5. The van der Waals surface area contributed by atoms with Gasteiger partial charge in [-0.3, -0.25) is 9.59 Å². The highest BCUT2D eigenvalue weighted by molar-refractivity contribution is 5.99.